The van der Waals surface area contributed by atoms with E-state index in [0.29, 0.717) is 17.9 Å². The van der Waals surface area contributed by atoms with Gasteiger partial charge in [0, 0.05) is 24.2 Å². The smallest absolute Gasteiger partial charge is 0.0435 e. The maximum atomic E-state index is 2.65. The third-order valence-electron chi connectivity index (χ3n) is 6.16. The number of fused-ring (bicyclic) bond motifs is 4. The van der Waals surface area contributed by atoms with Gasteiger partial charge in [0.15, 0.2) is 0 Å². The molecule has 3 aromatic rings. The molecular weight excluding hydrogens is 302 g/mol. The zero-order valence-corrected chi connectivity index (χ0v) is 14.6. The van der Waals surface area contributed by atoms with E-state index in [9.17, 15) is 0 Å². The lowest BCUT2D eigenvalue weighted by Gasteiger charge is -2.49. The van der Waals surface area contributed by atoms with Gasteiger partial charge in [-0.15, -0.1) is 0 Å². The summed E-state index contributed by atoms with van der Waals surface area (Å²) in [6, 6.07) is 29.6. The van der Waals surface area contributed by atoms with Gasteiger partial charge in [-0.05, 0) is 40.7 Å². The first-order valence-electron chi connectivity index (χ1n) is 9.30. The van der Waals surface area contributed by atoms with E-state index in [1.54, 1.807) is 0 Å². The number of hydrogen-bond acceptors (Lipinski definition) is 1. The van der Waals surface area contributed by atoms with Gasteiger partial charge >= 0.3 is 0 Å². The Bertz CT molecular complexity index is 899. The van der Waals surface area contributed by atoms with E-state index in [1.807, 2.05) is 0 Å². The zero-order chi connectivity index (χ0) is 16.8. The Hall–Kier alpha value is -2.54. The van der Waals surface area contributed by atoms with Gasteiger partial charge in [-0.2, -0.15) is 0 Å². The van der Waals surface area contributed by atoms with Gasteiger partial charge in [0.05, 0.1) is 0 Å². The molecule has 0 unspecified atom stereocenters. The van der Waals surface area contributed by atoms with Crippen LogP contribution in [-0.4, -0.2) is 6.04 Å². The van der Waals surface area contributed by atoms with Gasteiger partial charge in [-0.25, -0.2) is 0 Å². The highest BCUT2D eigenvalue weighted by Crippen LogP contribution is 2.48. The largest absolute Gasteiger partial charge is 0.363 e. The highest BCUT2D eigenvalue weighted by atomic mass is 15.2. The van der Waals surface area contributed by atoms with Crippen molar-refractivity contribution in [2.75, 3.05) is 4.90 Å². The van der Waals surface area contributed by atoms with Crippen LogP contribution in [0.15, 0.2) is 78.9 Å². The monoisotopic (exact) mass is 325 g/mol. The molecule has 3 aromatic carbocycles. The maximum absolute atomic E-state index is 2.65. The molecule has 2 aliphatic rings. The Morgan fingerprint density at radius 2 is 1.44 bits per heavy atom. The van der Waals surface area contributed by atoms with Crippen LogP contribution < -0.4 is 4.90 Å². The molecule has 25 heavy (non-hydrogen) atoms. The van der Waals surface area contributed by atoms with Crippen molar-refractivity contribution in [3.05, 3.63) is 101 Å². The molecule has 0 N–H and O–H groups in total. The molecule has 0 spiro atoms. The number of anilines is 1. The lowest BCUT2D eigenvalue weighted by molar-refractivity contribution is 0.351. The lowest BCUT2D eigenvalue weighted by Crippen LogP contribution is -2.49. The van der Waals surface area contributed by atoms with Crippen LogP contribution in [0.3, 0.4) is 0 Å². The summed E-state index contributed by atoms with van der Waals surface area (Å²) in [5.74, 6) is 1.06. The number of nitrogens with zero attached hydrogens (tertiary/aromatic N) is 1. The minimum absolute atomic E-state index is 0.476. The fourth-order valence-corrected chi connectivity index (χ4v) is 4.94. The first-order chi connectivity index (χ1) is 12.3. The number of benzene rings is 3. The molecule has 2 aliphatic heterocycles. The highest BCUT2D eigenvalue weighted by Gasteiger charge is 2.41. The van der Waals surface area contributed by atoms with E-state index in [1.165, 1.54) is 27.9 Å². The van der Waals surface area contributed by atoms with E-state index < -0.39 is 0 Å². The van der Waals surface area contributed by atoms with E-state index in [0.717, 1.165) is 13.0 Å². The van der Waals surface area contributed by atoms with Crippen molar-refractivity contribution in [1.29, 1.82) is 0 Å². The molecule has 3 atom stereocenters. The molecule has 0 saturated carbocycles. The summed E-state index contributed by atoms with van der Waals surface area (Å²) in [4.78, 5) is 2.65. The number of rotatable bonds is 1. The third-order valence-corrected chi connectivity index (χ3v) is 6.16. The Kier molecular flexibility index (Phi) is 3.41. The molecular formula is C24H23N. The average Bonchev–Trinajstić information content (AvgIpc) is 2.68. The summed E-state index contributed by atoms with van der Waals surface area (Å²) in [6.45, 7) is 3.48. The molecule has 2 heterocycles. The molecule has 0 fully saturated rings. The van der Waals surface area contributed by atoms with Gasteiger partial charge in [0.2, 0.25) is 0 Å². The minimum atomic E-state index is 0.476. The summed E-state index contributed by atoms with van der Waals surface area (Å²) in [5, 5.41) is 0. The summed E-state index contributed by atoms with van der Waals surface area (Å²) in [5.41, 5.74) is 7.37. The molecule has 0 radical (unpaired) electrons. The topological polar surface area (TPSA) is 3.24 Å². The summed E-state index contributed by atoms with van der Waals surface area (Å²) < 4.78 is 0. The number of hydrogen-bond donors (Lipinski definition) is 0. The average molecular weight is 325 g/mol. The van der Waals surface area contributed by atoms with Crippen LogP contribution >= 0.6 is 0 Å². The van der Waals surface area contributed by atoms with Crippen molar-refractivity contribution in [1.82, 2.24) is 0 Å². The van der Waals surface area contributed by atoms with Crippen molar-refractivity contribution in [3.63, 3.8) is 0 Å². The molecule has 0 aliphatic carbocycles. The van der Waals surface area contributed by atoms with E-state index in [-0.39, 0.29) is 0 Å². The Labute approximate surface area is 149 Å². The first-order valence-corrected chi connectivity index (χ1v) is 9.30. The summed E-state index contributed by atoms with van der Waals surface area (Å²) in [7, 11) is 0. The van der Waals surface area contributed by atoms with Crippen LogP contribution in [0, 0.1) is 5.92 Å². The van der Waals surface area contributed by atoms with Crippen molar-refractivity contribution >= 4 is 5.69 Å². The summed E-state index contributed by atoms with van der Waals surface area (Å²) in [6.07, 6.45) is 1.15. The zero-order valence-electron chi connectivity index (χ0n) is 14.6. The molecule has 0 aromatic heterocycles. The molecule has 1 nitrogen and oxygen atoms in total. The Balaban J connectivity index is 1.66. The molecule has 1 heteroatoms. The van der Waals surface area contributed by atoms with Crippen LogP contribution in [-0.2, 0) is 13.0 Å². The van der Waals surface area contributed by atoms with Crippen LogP contribution in [0.25, 0.3) is 0 Å². The Morgan fingerprint density at radius 1 is 0.760 bits per heavy atom. The summed E-state index contributed by atoms with van der Waals surface area (Å²) >= 11 is 0. The lowest BCUT2D eigenvalue weighted by atomic mass is 9.71. The van der Waals surface area contributed by atoms with Crippen molar-refractivity contribution in [2.24, 2.45) is 5.92 Å². The van der Waals surface area contributed by atoms with E-state index in [4.69, 9.17) is 0 Å². The quantitative estimate of drug-likeness (QED) is 0.579. The second-order valence-corrected chi connectivity index (χ2v) is 7.47. The highest BCUT2D eigenvalue weighted by molar-refractivity contribution is 5.62. The van der Waals surface area contributed by atoms with Gasteiger partial charge in [0.1, 0.15) is 0 Å². The van der Waals surface area contributed by atoms with Gasteiger partial charge in [0.25, 0.3) is 0 Å². The predicted molar refractivity (Wildman–Crippen MR) is 104 cm³/mol. The van der Waals surface area contributed by atoms with Gasteiger partial charge in [-0.3, -0.25) is 0 Å². The fourth-order valence-electron chi connectivity index (χ4n) is 4.94. The molecule has 0 saturated heterocycles. The minimum Gasteiger partial charge on any atom is -0.363 e. The molecule has 124 valence electrons. The van der Waals surface area contributed by atoms with Crippen LogP contribution in [0.4, 0.5) is 5.69 Å². The van der Waals surface area contributed by atoms with E-state index >= 15 is 0 Å². The SMILES string of the molecule is C[C@@H]1[C@H](c2ccccc2)c2ccccc2N2Cc3ccccc3C[C@H]12. The standard InChI is InChI=1S/C24H23N/c1-17-23-15-19-11-5-6-12-20(19)16-25(23)22-14-8-7-13-21(22)24(17)18-9-3-2-4-10-18/h2-14,17,23-24H,15-16H2,1H3/t17-,23+,24+/m0/s1. The van der Waals surface area contributed by atoms with Crippen LogP contribution in [0.2, 0.25) is 0 Å². The van der Waals surface area contributed by atoms with E-state index in [2.05, 4.69) is 90.7 Å². The van der Waals surface area contributed by atoms with Crippen LogP contribution in [0.5, 0.6) is 0 Å². The van der Waals surface area contributed by atoms with Gasteiger partial charge < -0.3 is 4.90 Å². The molecule has 0 bridgehead atoms. The van der Waals surface area contributed by atoms with Crippen LogP contribution in [0.1, 0.15) is 35.1 Å². The first kappa shape index (κ1) is 14.8. The molecule has 0 amide bonds. The fraction of sp³-hybridized carbons (Fsp3) is 0.250. The molecule has 5 rings (SSSR count). The number of para-hydroxylation sites is 1. The van der Waals surface area contributed by atoms with Crippen molar-refractivity contribution in [2.45, 2.75) is 31.8 Å². The van der Waals surface area contributed by atoms with Crippen molar-refractivity contribution in [3.8, 4) is 0 Å². The second-order valence-electron chi connectivity index (χ2n) is 7.47. The Morgan fingerprint density at radius 3 is 2.28 bits per heavy atom. The third kappa shape index (κ3) is 2.30. The normalized spacial score (nSPS) is 24.2. The predicted octanol–water partition coefficient (Wildman–Crippen LogP) is 5.40. The van der Waals surface area contributed by atoms with Crippen molar-refractivity contribution < 1.29 is 0 Å². The second kappa shape index (κ2) is 5.77. The maximum Gasteiger partial charge on any atom is 0.0435 e. The van der Waals surface area contributed by atoms with Gasteiger partial charge in [-0.1, -0.05) is 79.7 Å².